The summed E-state index contributed by atoms with van der Waals surface area (Å²) >= 11 is 0. The van der Waals surface area contributed by atoms with E-state index in [0.29, 0.717) is 43.5 Å². The van der Waals surface area contributed by atoms with Crippen LogP contribution >= 0.6 is 0 Å². The third-order valence-corrected chi connectivity index (χ3v) is 8.66. The van der Waals surface area contributed by atoms with Crippen LogP contribution < -0.4 is 25.0 Å². The predicted molar refractivity (Wildman–Crippen MR) is 172 cm³/mol. The lowest BCUT2D eigenvalue weighted by molar-refractivity contribution is -0.112. The minimum Gasteiger partial charge on any atom is -0.489 e. The molecular formula is C35H36N6O4. The van der Waals surface area contributed by atoms with E-state index in [1.807, 2.05) is 48.5 Å². The molecule has 4 aliphatic heterocycles. The third-order valence-electron chi connectivity index (χ3n) is 8.66. The van der Waals surface area contributed by atoms with E-state index < -0.39 is 6.17 Å². The molecule has 10 nitrogen and oxygen atoms in total. The fraction of sp³-hybridized carbons (Fsp3) is 0.343. The van der Waals surface area contributed by atoms with E-state index in [1.54, 1.807) is 17.3 Å². The molecule has 2 unspecified atom stereocenters. The van der Waals surface area contributed by atoms with Gasteiger partial charge in [-0.05, 0) is 55.6 Å². The Labute approximate surface area is 262 Å². The van der Waals surface area contributed by atoms with Crippen LogP contribution in [-0.4, -0.2) is 56.1 Å². The average Bonchev–Trinajstić information content (AvgIpc) is 3.74. The van der Waals surface area contributed by atoms with Crippen LogP contribution in [0, 0.1) is 11.5 Å². The summed E-state index contributed by atoms with van der Waals surface area (Å²) in [7, 11) is 0. The van der Waals surface area contributed by atoms with E-state index in [4.69, 9.17) is 14.2 Å². The predicted octanol–water partition coefficient (Wildman–Crippen LogP) is 5.20. The smallest absolute Gasteiger partial charge is 0.248 e. The number of piperidine rings is 1. The van der Waals surface area contributed by atoms with Gasteiger partial charge in [0.2, 0.25) is 5.91 Å². The van der Waals surface area contributed by atoms with Gasteiger partial charge in [0, 0.05) is 42.4 Å². The molecular weight excluding hydrogens is 568 g/mol. The monoisotopic (exact) mass is 604 g/mol. The van der Waals surface area contributed by atoms with Crippen molar-refractivity contribution in [3.63, 3.8) is 0 Å². The molecule has 7 rings (SSSR count). The first-order chi connectivity index (χ1) is 22.1. The molecule has 3 aromatic rings. The SMILES string of the molecule is N#CN1C=Nc2cc(OC3CCOC3)c(NC(=O)C=C3CCNCC3)cc2C1N1CCc2ccc(OCc3ccccc3)cc21. The summed E-state index contributed by atoms with van der Waals surface area (Å²) in [5, 5.41) is 16.6. The number of nitrogens with one attached hydrogen (secondary N) is 2. The molecule has 0 saturated carbocycles. The second-order valence-electron chi connectivity index (χ2n) is 11.7. The van der Waals surface area contributed by atoms with Gasteiger partial charge in [-0.3, -0.25) is 4.79 Å². The summed E-state index contributed by atoms with van der Waals surface area (Å²) in [6.07, 6.45) is 8.32. The van der Waals surface area contributed by atoms with Crippen LogP contribution in [0.2, 0.25) is 0 Å². The zero-order valence-electron chi connectivity index (χ0n) is 25.1. The Morgan fingerprint density at radius 1 is 1.13 bits per heavy atom. The first-order valence-electron chi connectivity index (χ1n) is 15.6. The summed E-state index contributed by atoms with van der Waals surface area (Å²) in [6.45, 7) is 4.05. The molecule has 0 bridgehead atoms. The van der Waals surface area contributed by atoms with Crippen LogP contribution in [0.15, 0.2) is 77.3 Å². The Kier molecular flexibility index (Phi) is 8.36. The van der Waals surface area contributed by atoms with E-state index in [-0.39, 0.29) is 12.0 Å². The molecule has 2 fully saturated rings. The standard InChI is InChI=1S/C35H36N6O4/c36-22-40-23-38-30-19-33(45-28-11-15-43-21-28)31(39-34(42)16-24-8-12-37-13-9-24)18-29(30)35(40)41-14-10-26-6-7-27(17-32(26)41)44-20-25-4-2-1-3-5-25/h1-7,16-19,23,28,35,37H,8-15,20-21H2,(H,39,42). The summed E-state index contributed by atoms with van der Waals surface area (Å²) in [5.74, 6) is 1.11. The molecule has 0 aromatic heterocycles. The Morgan fingerprint density at radius 2 is 2.00 bits per heavy atom. The van der Waals surface area contributed by atoms with E-state index >= 15 is 0 Å². The number of hydrogen-bond donors (Lipinski definition) is 2. The zero-order chi connectivity index (χ0) is 30.6. The summed E-state index contributed by atoms with van der Waals surface area (Å²) in [6, 6.07) is 20.0. The van der Waals surface area contributed by atoms with Crippen molar-refractivity contribution >= 4 is 29.3 Å². The minimum absolute atomic E-state index is 0.111. The van der Waals surface area contributed by atoms with Crippen molar-refractivity contribution in [3.8, 4) is 17.7 Å². The number of carbonyl (C=O) groups is 1. The number of benzene rings is 3. The number of hydrogen-bond acceptors (Lipinski definition) is 9. The topological polar surface area (TPSA) is 111 Å². The number of rotatable bonds is 8. The van der Waals surface area contributed by atoms with Gasteiger partial charge in [-0.2, -0.15) is 5.26 Å². The van der Waals surface area contributed by atoms with Crippen LogP contribution in [0.5, 0.6) is 11.5 Å². The fourth-order valence-electron chi connectivity index (χ4n) is 6.34. The van der Waals surface area contributed by atoms with Gasteiger partial charge in [0.05, 0.1) is 24.6 Å². The molecule has 0 radical (unpaired) electrons. The molecule has 2 atom stereocenters. The highest BCUT2D eigenvalue weighted by molar-refractivity contribution is 6.01. The molecule has 4 heterocycles. The maximum absolute atomic E-state index is 13.3. The Hall–Kier alpha value is -4.85. The Bertz CT molecular complexity index is 1650. The van der Waals surface area contributed by atoms with E-state index in [9.17, 15) is 10.1 Å². The quantitative estimate of drug-likeness (QED) is 0.267. The van der Waals surface area contributed by atoms with Crippen LogP contribution in [0.1, 0.15) is 42.1 Å². The van der Waals surface area contributed by atoms with Crippen molar-refractivity contribution in [2.45, 2.75) is 44.6 Å². The number of aliphatic imine (C=N–C) groups is 1. The fourth-order valence-corrected chi connectivity index (χ4v) is 6.34. The summed E-state index contributed by atoms with van der Waals surface area (Å²) < 4.78 is 18.1. The maximum atomic E-state index is 13.3. The van der Waals surface area contributed by atoms with Crippen molar-refractivity contribution in [1.29, 1.82) is 5.26 Å². The maximum Gasteiger partial charge on any atom is 0.248 e. The van der Waals surface area contributed by atoms with Crippen LogP contribution in [0.25, 0.3) is 0 Å². The van der Waals surface area contributed by atoms with Gasteiger partial charge in [-0.25, -0.2) is 9.89 Å². The van der Waals surface area contributed by atoms with E-state index in [0.717, 1.165) is 66.9 Å². The molecule has 2 saturated heterocycles. The second kappa shape index (κ2) is 13.0. The lowest BCUT2D eigenvalue weighted by atomic mass is 10.0. The molecule has 1 amide bonds. The molecule has 45 heavy (non-hydrogen) atoms. The van der Waals surface area contributed by atoms with Crippen molar-refractivity contribution in [3.05, 3.63) is 89.0 Å². The minimum atomic E-state index is -0.463. The highest BCUT2D eigenvalue weighted by Crippen LogP contribution is 2.46. The van der Waals surface area contributed by atoms with Gasteiger partial charge < -0.3 is 29.7 Å². The molecule has 0 spiro atoms. The normalized spacial score (nSPS) is 20.3. The molecule has 230 valence electrons. The van der Waals surface area contributed by atoms with E-state index in [2.05, 4.69) is 38.9 Å². The number of carbonyl (C=O) groups excluding carboxylic acids is 1. The van der Waals surface area contributed by atoms with Crippen molar-refractivity contribution in [1.82, 2.24) is 10.2 Å². The number of nitriles is 1. The van der Waals surface area contributed by atoms with Crippen molar-refractivity contribution in [2.24, 2.45) is 4.99 Å². The van der Waals surface area contributed by atoms with Crippen LogP contribution in [-0.2, 0) is 22.6 Å². The molecule has 10 heteroatoms. The molecule has 4 aliphatic rings. The molecule has 2 N–H and O–H groups in total. The van der Waals surface area contributed by atoms with Crippen molar-refractivity contribution in [2.75, 3.05) is 43.1 Å². The average molecular weight is 605 g/mol. The Morgan fingerprint density at radius 3 is 2.80 bits per heavy atom. The summed E-state index contributed by atoms with van der Waals surface area (Å²) in [5.41, 5.74) is 6.46. The van der Waals surface area contributed by atoms with Gasteiger partial charge in [0.25, 0.3) is 0 Å². The van der Waals surface area contributed by atoms with Gasteiger partial charge in [0.1, 0.15) is 36.7 Å². The Balaban J connectivity index is 1.21. The second-order valence-corrected chi connectivity index (χ2v) is 11.7. The van der Waals surface area contributed by atoms with Crippen LogP contribution in [0.3, 0.4) is 0 Å². The number of amides is 1. The highest BCUT2D eigenvalue weighted by Gasteiger charge is 2.36. The lowest BCUT2D eigenvalue weighted by Crippen LogP contribution is -2.39. The number of nitrogens with zero attached hydrogens (tertiary/aromatic N) is 4. The van der Waals surface area contributed by atoms with Gasteiger partial charge in [0.15, 0.2) is 6.19 Å². The van der Waals surface area contributed by atoms with Crippen molar-refractivity contribution < 1.29 is 19.0 Å². The first-order valence-corrected chi connectivity index (χ1v) is 15.6. The first kappa shape index (κ1) is 28.9. The third kappa shape index (κ3) is 6.36. The zero-order valence-corrected chi connectivity index (χ0v) is 25.1. The number of fused-ring (bicyclic) bond motifs is 2. The van der Waals surface area contributed by atoms with Gasteiger partial charge >= 0.3 is 0 Å². The van der Waals surface area contributed by atoms with Gasteiger partial charge in [-0.1, -0.05) is 42.0 Å². The van der Waals surface area contributed by atoms with Crippen LogP contribution in [0.4, 0.5) is 17.1 Å². The number of anilines is 2. The molecule has 0 aliphatic carbocycles. The van der Waals surface area contributed by atoms with Gasteiger partial charge in [-0.15, -0.1) is 0 Å². The number of ether oxygens (including phenoxy) is 3. The molecule has 3 aromatic carbocycles. The largest absolute Gasteiger partial charge is 0.489 e. The lowest BCUT2D eigenvalue weighted by Gasteiger charge is -2.37. The highest BCUT2D eigenvalue weighted by atomic mass is 16.5. The van der Waals surface area contributed by atoms with E-state index in [1.165, 1.54) is 5.56 Å². The summed E-state index contributed by atoms with van der Waals surface area (Å²) in [4.78, 5) is 21.7.